The molecule has 0 saturated carbocycles. The van der Waals surface area contributed by atoms with Gasteiger partial charge in [0, 0.05) is 24.7 Å². The number of aromatic nitrogens is 4. The topological polar surface area (TPSA) is 104 Å². The molecule has 9 heteroatoms. The molecule has 1 aliphatic heterocycles. The van der Waals surface area contributed by atoms with Crippen LogP contribution in [0.25, 0.3) is 22.1 Å². The maximum Gasteiger partial charge on any atom is 0.211 e. The number of nitrogens with one attached hydrogen (secondary N) is 1. The molecule has 0 amide bonds. The molecule has 3 aromatic rings. The van der Waals surface area contributed by atoms with Crippen LogP contribution in [0.15, 0.2) is 18.5 Å². The van der Waals surface area contributed by atoms with E-state index < -0.39 is 16.1 Å². The second kappa shape index (κ2) is 5.27. The zero-order chi connectivity index (χ0) is 17.1. The van der Waals surface area contributed by atoms with Gasteiger partial charge in [0.25, 0.3) is 0 Å². The van der Waals surface area contributed by atoms with E-state index in [1.54, 1.807) is 13.1 Å². The molecule has 4 heterocycles. The molecule has 128 valence electrons. The number of H-pyrrole nitrogens is 1. The molecular weight excluding hydrogens is 330 g/mol. The van der Waals surface area contributed by atoms with Gasteiger partial charge in [-0.1, -0.05) is 0 Å². The van der Waals surface area contributed by atoms with E-state index in [9.17, 15) is 13.5 Å². The molecule has 24 heavy (non-hydrogen) atoms. The van der Waals surface area contributed by atoms with Crippen molar-refractivity contribution >= 4 is 32.1 Å². The summed E-state index contributed by atoms with van der Waals surface area (Å²) >= 11 is 0. The van der Waals surface area contributed by atoms with E-state index in [2.05, 4.69) is 15.0 Å². The number of pyridine rings is 1. The molecule has 0 spiro atoms. The maximum absolute atomic E-state index is 11.8. The summed E-state index contributed by atoms with van der Waals surface area (Å²) in [6, 6.07) is 1.87. The normalized spacial score (nSPS) is 21.0. The van der Waals surface area contributed by atoms with Gasteiger partial charge in [0.2, 0.25) is 10.0 Å². The average molecular weight is 349 g/mol. The van der Waals surface area contributed by atoms with Gasteiger partial charge in [-0.25, -0.2) is 22.7 Å². The number of aromatic amines is 1. The quantitative estimate of drug-likeness (QED) is 0.739. The predicted molar refractivity (Wildman–Crippen MR) is 90.1 cm³/mol. The summed E-state index contributed by atoms with van der Waals surface area (Å²) in [5, 5.41) is 11.1. The Bertz CT molecular complexity index is 1020. The smallest absolute Gasteiger partial charge is 0.211 e. The van der Waals surface area contributed by atoms with E-state index in [1.165, 1.54) is 10.6 Å². The highest BCUT2D eigenvalue weighted by Gasteiger charge is 2.33. The molecule has 1 fully saturated rings. The molecule has 2 N–H and O–H groups in total. The monoisotopic (exact) mass is 349 g/mol. The molecule has 0 bridgehead atoms. The van der Waals surface area contributed by atoms with Crippen LogP contribution in [-0.2, 0) is 10.0 Å². The Balaban J connectivity index is 1.93. The van der Waals surface area contributed by atoms with Crippen molar-refractivity contribution in [3.05, 3.63) is 24.3 Å². The Morgan fingerprint density at radius 1 is 1.46 bits per heavy atom. The number of rotatable bonds is 3. The van der Waals surface area contributed by atoms with Gasteiger partial charge in [-0.15, -0.1) is 0 Å². The summed E-state index contributed by atoms with van der Waals surface area (Å²) < 4.78 is 27.1. The number of imidazole rings is 1. The predicted octanol–water partition coefficient (Wildman–Crippen LogP) is 1.17. The Kier molecular flexibility index (Phi) is 3.41. The minimum Gasteiger partial charge on any atom is -0.385 e. The summed E-state index contributed by atoms with van der Waals surface area (Å²) in [6.45, 7) is 2.53. The van der Waals surface area contributed by atoms with E-state index in [0.717, 1.165) is 16.6 Å². The van der Waals surface area contributed by atoms with Crippen LogP contribution in [0.1, 0.15) is 31.3 Å². The lowest BCUT2D eigenvalue weighted by Crippen LogP contribution is -2.28. The summed E-state index contributed by atoms with van der Waals surface area (Å²) in [4.78, 5) is 12.0. The van der Waals surface area contributed by atoms with Crippen molar-refractivity contribution in [2.75, 3.05) is 19.3 Å². The minimum absolute atomic E-state index is 0.0603. The largest absolute Gasteiger partial charge is 0.385 e. The van der Waals surface area contributed by atoms with Crippen LogP contribution in [-0.4, -0.2) is 56.7 Å². The number of aliphatic hydroxyl groups excluding tert-OH is 1. The van der Waals surface area contributed by atoms with Gasteiger partial charge in [0.05, 0.1) is 24.0 Å². The molecule has 0 aromatic carbocycles. The molecule has 0 radical (unpaired) electrons. The van der Waals surface area contributed by atoms with Crippen molar-refractivity contribution in [1.29, 1.82) is 0 Å². The number of aliphatic hydroxyl groups is 1. The zero-order valence-electron chi connectivity index (χ0n) is 13.5. The summed E-state index contributed by atoms with van der Waals surface area (Å²) in [5.74, 6) is 0.542. The minimum atomic E-state index is -3.23. The first-order valence-electron chi connectivity index (χ1n) is 7.83. The lowest BCUT2D eigenvalue weighted by Gasteiger charge is -2.19. The van der Waals surface area contributed by atoms with Gasteiger partial charge in [0.1, 0.15) is 23.1 Å². The van der Waals surface area contributed by atoms with E-state index >= 15 is 0 Å². The fourth-order valence-electron chi connectivity index (χ4n) is 3.50. The zero-order valence-corrected chi connectivity index (χ0v) is 14.3. The second-order valence-corrected chi connectivity index (χ2v) is 8.29. The first kappa shape index (κ1) is 15.6. The average Bonchev–Trinajstić information content (AvgIpc) is 3.22. The number of sulfonamides is 1. The molecule has 2 atom stereocenters. The fraction of sp³-hybridized carbons (Fsp3) is 0.467. The van der Waals surface area contributed by atoms with Gasteiger partial charge >= 0.3 is 0 Å². The number of hydrogen-bond acceptors (Lipinski definition) is 5. The first-order valence-corrected chi connectivity index (χ1v) is 9.68. The Hall–Kier alpha value is -1.97. The van der Waals surface area contributed by atoms with E-state index in [4.69, 9.17) is 0 Å². The van der Waals surface area contributed by atoms with Gasteiger partial charge in [-0.05, 0) is 19.4 Å². The fourth-order valence-corrected chi connectivity index (χ4v) is 4.38. The molecular formula is C15H19N5O3S. The first-order chi connectivity index (χ1) is 11.4. The number of nitrogens with zero attached hydrogens (tertiary/aromatic N) is 4. The third-order valence-electron chi connectivity index (χ3n) is 4.60. The number of fused-ring (bicyclic) bond motifs is 3. The van der Waals surface area contributed by atoms with Crippen LogP contribution in [0.4, 0.5) is 0 Å². The molecule has 0 aliphatic carbocycles. The van der Waals surface area contributed by atoms with Crippen molar-refractivity contribution in [1.82, 2.24) is 23.8 Å². The van der Waals surface area contributed by atoms with Crippen molar-refractivity contribution in [3.63, 3.8) is 0 Å². The van der Waals surface area contributed by atoms with Crippen molar-refractivity contribution in [2.24, 2.45) is 0 Å². The summed E-state index contributed by atoms with van der Waals surface area (Å²) in [7, 11) is -3.23. The van der Waals surface area contributed by atoms with Crippen LogP contribution in [0.2, 0.25) is 0 Å². The van der Waals surface area contributed by atoms with E-state index in [1.807, 2.05) is 16.8 Å². The maximum atomic E-state index is 11.8. The van der Waals surface area contributed by atoms with Crippen molar-refractivity contribution < 1.29 is 13.5 Å². The Morgan fingerprint density at radius 2 is 2.25 bits per heavy atom. The van der Waals surface area contributed by atoms with Crippen LogP contribution >= 0.6 is 0 Å². The van der Waals surface area contributed by atoms with E-state index in [0.29, 0.717) is 30.9 Å². The third kappa shape index (κ3) is 2.31. The van der Waals surface area contributed by atoms with Gasteiger partial charge < -0.3 is 14.7 Å². The van der Waals surface area contributed by atoms with Gasteiger partial charge in [-0.3, -0.25) is 0 Å². The van der Waals surface area contributed by atoms with Crippen molar-refractivity contribution in [2.45, 2.75) is 25.5 Å². The molecule has 8 nitrogen and oxygen atoms in total. The third-order valence-corrected chi connectivity index (χ3v) is 5.87. The molecule has 3 aromatic heterocycles. The van der Waals surface area contributed by atoms with Crippen LogP contribution < -0.4 is 0 Å². The van der Waals surface area contributed by atoms with Crippen LogP contribution in [0.5, 0.6) is 0 Å². The van der Waals surface area contributed by atoms with Crippen molar-refractivity contribution in [3.8, 4) is 0 Å². The van der Waals surface area contributed by atoms with E-state index in [-0.39, 0.29) is 6.04 Å². The SMILES string of the molecule is C[C@@H](O)c1nc2cnc3[nH]ccc3c2n1[C@@H]1CCN(S(C)(=O)=O)C1. The summed E-state index contributed by atoms with van der Waals surface area (Å²) in [6.07, 6.45) is 4.66. The second-order valence-electron chi connectivity index (χ2n) is 6.31. The highest BCUT2D eigenvalue weighted by atomic mass is 32.2. The lowest BCUT2D eigenvalue weighted by molar-refractivity contribution is 0.182. The Labute approximate surface area is 139 Å². The Morgan fingerprint density at radius 3 is 2.92 bits per heavy atom. The lowest BCUT2D eigenvalue weighted by atomic mass is 10.2. The number of hydrogen-bond donors (Lipinski definition) is 2. The van der Waals surface area contributed by atoms with Gasteiger partial charge in [-0.2, -0.15) is 0 Å². The molecule has 4 rings (SSSR count). The summed E-state index contributed by atoms with van der Waals surface area (Å²) in [5.41, 5.74) is 2.34. The molecule has 1 aliphatic rings. The highest BCUT2D eigenvalue weighted by molar-refractivity contribution is 7.88. The standard InChI is InChI=1S/C15H19N5O3S/c1-9(21)15-18-12-7-17-14-11(3-5-16-14)13(12)20(15)10-4-6-19(8-10)24(2,22)23/h3,5,7,9-10,21H,4,6,8H2,1-2H3,(H,16,17)/t9-,10-/m1/s1. The van der Waals surface area contributed by atoms with Crippen LogP contribution in [0.3, 0.4) is 0 Å². The highest BCUT2D eigenvalue weighted by Crippen LogP contribution is 2.34. The van der Waals surface area contributed by atoms with Gasteiger partial charge in [0.15, 0.2) is 0 Å². The van der Waals surface area contributed by atoms with Crippen LogP contribution in [0, 0.1) is 0 Å². The molecule has 1 saturated heterocycles. The molecule has 0 unspecified atom stereocenters.